The Morgan fingerprint density at radius 1 is 1.13 bits per heavy atom. The Morgan fingerprint density at radius 2 is 1.93 bits per heavy atom. The Hall–Kier alpha value is -3.16. The zero-order valence-corrected chi connectivity index (χ0v) is 17.4. The highest BCUT2D eigenvalue weighted by atomic mass is 32.2. The summed E-state index contributed by atoms with van der Waals surface area (Å²) in [6.45, 7) is 0. The maximum absolute atomic E-state index is 12.9. The van der Waals surface area contributed by atoms with E-state index in [9.17, 15) is 9.59 Å². The summed E-state index contributed by atoms with van der Waals surface area (Å²) in [5.41, 5.74) is 7.53. The summed E-state index contributed by atoms with van der Waals surface area (Å²) in [6.07, 6.45) is 5.06. The van der Waals surface area contributed by atoms with Gasteiger partial charge in [0.05, 0.1) is 6.04 Å². The summed E-state index contributed by atoms with van der Waals surface area (Å²) in [5.74, 6) is 1.54. The summed E-state index contributed by atoms with van der Waals surface area (Å²) in [6, 6.07) is 19.8. The Kier molecular flexibility index (Phi) is 8.00. The number of nitrogens with one attached hydrogen (secondary N) is 2. The number of pyridine rings is 1. The van der Waals surface area contributed by atoms with Gasteiger partial charge in [0.15, 0.2) is 0 Å². The highest BCUT2D eigenvalue weighted by Gasteiger charge is 2.16. The van der Waals surface area contributed by atoms with Gasteiger partial charge in [-0.15, -0.1) is 0 Å². The predicted octanol–water partition coefficient (Wildman–Crippen LogP) is 4.10. The smallest absolute Gasteiger partial charge is 0.266 e. The van der Waals surface area contributed by atoms with Crippen LogP contribution >= 0.6 is 11.8 Å². The van der Waals surface area contributed by atoms with Crippen LogP contribution in [0, 0.1) is 0 Å². The first-order valence-electron chi connectivity index (χ1n) is 9.49. The van der Waals surface area contributed by atoms with E-state index >= 15 is 0 Å². The van der Waals surface area contributed by atoms with Crippen molar-refractivity contribution in [3.8, 4) is 22.8 Å². The summed E-state index contributed by atoms with van der Waals surface area (Å²) in [5, 5.41) is 0. The Morgan fingerprint density at radius 3 is 2.63 bits per heavy atom. The van der Waals surface area contributed by atoms with Crippen molar-refractivity contribution in [1.82, 2.24) is 15.8 Å². The number of amides is 1. The highest BCUT2D eigenvalue weighted by molar-refractivity contribution is 7.98. The van der Waals surface area contributed by atoms with E-state index in [1.54, 1.807) is 36.2 Å². The molecule has 6 nitrogen and oxygen atoms in total. The van der Waals surface area contributed by atoms with Crippen molar-refractivity contribution in [3.05, 3.63) is 78.5 Å². The minimum Gasteiger partial charge on any atom is -0.439 e. The number of rotatable bonds is 10. The second kappa shape index (κ2) is 11.1. The lowest BCUT2D eigenvalue weighted by molar-refractivity contribution is -0.109. The first-order valence-corrected chi connectivity index (χ1v) is 10.9. The number of aromatic nitrogens is 1. The van der Waals surface area contributed by atoms with Crippen LogP contribution in [0.15, 0.2) is 72.9 Å². The lowest BCUT2D eigenvalue weighted by Gasteiger charge is -2.16. The highest BCUT2D eigenvalue weighted by Crippen LogP contribution is 2.30. The van der Waals surface area contributed by atoms with Gasteiger partial charge < -0.3 is 9.53 Å². The van der Waals surface area contributed by atoms with Crippen LogP contribution in [0.5, 0.6) is 11.6 Å². The summed E-state index contributed by atoms with van der Waals surface area (Å²) in [7, 11) is 0. The molecule has 154 valence electrons. The molecule has 0 radical (unpaired) electrons. The van der Waals surface area contributed by atoms with E-state index in [-0.39, 0.29) is 5.91 Å². The van der Waals surface area contributed by atoms with Crippen LogP contribution in [-0.4, -0.2) is 35.2 Å². The van der Waals surface area contributed by atoms with Gasteiger partial charge in [0.1, 0.15) is 12.0 Å². The fourth-order valence-corrected chi connectivity index (χ4v) is 3.30. The number of carbonyl (C=O) groups excluding carboxylic acids is 2. The van der Waals surface area contributed by atoms with E-state index in [1.807, 2.05) is 54.8 Å². The van der Waals surface area contributed by atoms with Crippen molar-refractivity contribution in [2.24, 2.45) is 0 Å². The fraction of sp³-hybridized carbons (Fsp3) is 0.174. The number of thioether (sulfide) groups is 1. The second-order valence-corrected chi connectivity index (χ2v) is 7.45. The molecule has 3 rings (SSSR count). The average molecular weight is 422 g/mol. The van der Waals surface area contributed by atoms with Crippen molar-refractivity contribution in [2.75, 3.05) is 12.0 Å². The van der Waals surface area contributed by atoms with Crippen LogP contribution in [0.25, 0.3) is 11.1 Å². The molecule has 0 bridgehead atoms. The third-order valence-electron chi connectivity index (χ3n) is 4.35. The number of nitrogens with zero attached hydrogens (tertiary/aromatic N) is 1. The fourth-order valence-electron chi connectivity index (χ4n) is 2.81. The normalized spacial score (nSPS) is 11.5. The van der Waals surface area contributed by atoms with Gasteiger partial charge in [0.25, 0.3) is 5.91 Å². The number of hydrazine groups is 1. The molecule has 0 aliphatic heterocycles. The van der Waals surface area contributed by atoms with E-state index in [4.69, 9.17) is 4.74 Å². The molecule has 1 atom stereocenters. The molecule has 3 aromatic rings. The summed E-state index contributed by atoms with van der Waals surface area (Å²) >= 11 is 1.65. The Balaban J connectivity index is 1.84. The summed E-state index contributed by atoms with van der Waals surface area (Å²) < 4.78 is 5.83. The first kappa shape index (κ1) is 21.5. The molecule has 1 amide bonds. The molecule has 7 heteroatoms. The quantitative estimate of drug-likeness (QED) is 0.379. The third-order valence-corrected chi connectivity index (χ3v) is 4.99. The van der Waals surface area contributed by atoms with Gasteiger partial charge in [-0.05, 0) is 53.8 Å². The molecule has 30 heavy (non-hydrogen) atoms. The zero-order valence-electron chi connectivity index (χ0n) is 16.6. The van der Waals surface area contributed by atoms with Crippen molar-refractivity contribution < 1.29 is 14.3 Å². The van der Waals surface area contributed by atoms with Crippen LogP contribution in [-0.2, 0) is 4.79 Å². The molecule has 0 fully saturated rings. The molecule has 1 heterocycles. The van der Waals surface area contributed by atoms with Crippen molar-refractivity contribution in [1.29, 1.82) is 0 Å². The van der Waals surface area contributed by atoms with E-state index < -0.39 is 6.04 Å². The molecule has 0 spiro atoms. The van der Waals surface area contributed by atoms with Gasteiger partial charge >= 0.3 is 0 Å². The molecule has 2 aromatic carbocycles. The van der Waals surface area contributed by atoms with Gasteiger partial charge in [-0.2, -0.15) is 11.8 Å². The largest absolute Gasteiger partial charge is 0.439 e. The van der Waals surface area contributed by atoms with Crippen LogP contribution in [0.4, 0.5) is 0 Å². The van der Waals surface area contributed by atoms with Crippen molar-refractivity contribution in [2.45, 2.75) is 12.5 Å². The standard InChI is InChI=1S/C23H23N3O3S/c1-30-14-12-18(16-27)25-26-23(28)20-11-10-19(29-22-9-5-6-13-24-22)15-21(20)17-7-3-2-4-8-17/h2-11,13,15-16,18,25H,12,14H2,1H3,(H,26,28)/t18-/m1/s1. The van der Waals surface area contributed by atoms with E-state index in [0.29, 0.717) is 23.6 Å². The molecule has 0 aliphatic rings. The molecule has 0 aliphatic carbocycles. The number of hydrogen-bond acceptors (Lipinski definition) is 6. The number of carbonyl (C=O) groups is 2. The summed E-state index contributed by atoms with van der Waals surface area (Å²) in [4.78, 5) is 28.2. The van der Waals surface area contributed by atoms with Gasteiger partial charge in [-0.1, -0.05) is 36.4 Å². The van der Waals surface area contributed by atoms with Gasteiger partial charge in [-0.3, -0.25) is 10.2 Å². The van der Waals surface area contributed by atoms with E-state index in [0.717, 1.165) is 23.2 Å². The number of aldehydes is 1. The molecular formula is C23H23N3O3S. The van der Waals surface area contributed by atoms with Crippen LogP contribution in [0.2, 0.25) is 0 Å². The van der Waals surface area contributed by atoms with Crippen molar-refractivity contribution >= 4 is 24.0 Å². The van der Waals surface area contributed by atoms with Gasteiger partial charge in [-0.25, -0.2) is 10.4 Å². The predicted molar refractivity (Wildman–Crippen MR) is 120 cm³/mol. The SMILES string of the molecule is CSCC[C@H](C=O)NNC(=O)c1ccc(Oc2ccccn2)cc1-c1ccccc1. The zero-order chi connectivity index (χ0) is 21.2. The van der Waals surface area contributed by atoms with Crippen LogP contribution in [0.3, 0.4) is 0 Å². The topological polar surface area (TPSA) is 80.3 Å². The second-order valence-electron chi connectivity index (χ2n) is 6.47. The Labute approximate surface area is 180 Å². The molecule has 0 saturated carbocycles. The lowest BCUT2D eigenvalue weighted by atomic mass is 9.99. The van der Waals surface area contributed by atoms with E-state index in [2.05, 4.69) is 15.8 Å². The molecule has 0 saturated heterocycles. The van der Waals surface area contributed by atoms with Gasteiger partial charge in [0, 0.05) is 17.8 Å². The van der Waals surface area contributed by atoms with Gasteiger partial charge in [0.2, 0.25) is 5.88 Å². The monoisotopic (exact) mass is 421 g/mol. The maximum Gasteiger partial charge on any atom is 0.266 e. The number of benzene rings is 2. The Bertz CT molecular complexity index is 968. The number of ether oxygens (including phenoxy) is 1. The molecule has 0 unspecified atom stereocenters. The number of hydrogen-bond donors (Lipinski definition) is 2. The lowest BCUT2D eigenvalue weighted by Crippen LogP contribution is -2.45. The minimum atomic E-state index is -0.437. The van der Waals surface area contributed by atoms with Crippen molar-refractivity contribution in [3.63, 3.8) is 0 Å². The average Bonchev–Trinajstić information content (AvgIpc) is 2.80. The van der Waals surface area contributed by atoms with Crippen LogP contribution in [0.1, 0.15) is 16.8 Å². The minimum absolute atomic E-state index is 0.325. The van der Waals surface area contributed by atoms with Crippen LogP contribution < -0.4 is 15.6 Å². The van der Waals surface area contributed by atoms with E-state index in [1.165, 1.54) is 0 Å². The molecule has 1 aromatic heterocycles. The molecule has 2 N–H and O–H groups in total. The maximum atomic E-state index is 12.9. The molecular weight excluding hydrogens is 398 g/mol. The first-order chi connectivity index (χ1) is 14.7. The third kappa shape index (κ3) is 5.92.